The Morgan fingerprint density at radius 1 is 1.03 bits per heavy atom. The first-order valence-corrected chi connectivity index (χ1v) is 10.7. The summed E-state index contributed by atoms with van der Waals surface area (Å²) in [5, 5.41) is 60.9. The van der Waals surface area contributed by atoms with Gasteiger partial charge in [-0.15, -0.1) is 0 Å². The average Bonchev–Trinajstić information content (AvgIpc) is 2.60. The van der Waals surface area contributed by atoms with Crippen molar-refractivity contribution in [1.29, 1.82) is 0 Å². The van der Waals surface area contributed by atoms with Gasteiger partial charge in [0.25, 0.3) is 0 Å². The Balaban J connectivity index is 1.73. The zero-order chi connectivity index (χ0) is 21.8. The van der Waals surface area contributed by atoms with Crippen LogP contribution in [0.3, 0.4) is 0 Å². The molecule has 0 aromatic rings. The van der Waals surface area contributed by atoms with E-state index in [-0.39, 0.29) is 17.3 Å². The van der Waals surface area contributed by atoms with Gasteiger partial charge in [-0.1, -0.05) is 6.92 Å². The molecule has 29 heavy (non-hydrogen) atoms. The van der Waals surface area contributed by atoms with Crippen molar-refractivity contribution in [2.75, 3.05) is 6.61 Å². The van der Waals surface area contributed by atoms with Crippen LogP contribution >= 0.6 is 0 Å². The molecule has 0 bridgehead atoms. The van der Waals surface area contributed by atoms with E-state index in [2.05, 4.69) is 6.92 Å². The van der Waals surface area contributed by atoms with Crippen LogP contribution in [0.15, 0.2) is 0 Å². The van der Waals surface area contributed by atoms with E-state index in [1.807, 2.05) is 13.8 Å². The summed E-state index contributed by atoms with van der Waals surface area (Å²) in [7, 11) is 0. The van der Waals surface area contributed by atoms with Gasteiger partial charge in [0.15, 0.2) is 6.29 Å². The fourth-order valence-electron chi connectivity index (χ4n) is 6.04. The molecule has 170 valence electrons. The van der Waals surface area contributed by atoms with Gasteiger partial charge in [-0.05, 0) is 63.7 Å². The van der Waals surface area contributed by atoms with E-state index in [0.717, 1.165) is 12.8 Å². The number of aliphatic hydroxyl groups is 6. The zero-order valence-corrected chi connectivity index (χ0v) is 17.9. The van der Waals surface area contributed by atoms with Crippen molar-refractivity contribution in [3.63, 3.8) is 0 Å². The van der Waals surface area contributed by atoms with Crippen molar-refractivity contribution in [2.45, 2.75) is 108 Å². The fourth-order valence-corrected chi connectivity index (χ4v) is 6.04. The molecule has 0 aromatic carbocycles. The van der Waals surface area contributed by atoms with Crippen molar-refractivity contribution < 1.29 is 40.1 Å². The van der Waals surface area contributed by atoms with Crippen LogP contribution < -0.4 is 0 Å². The predicted octanol–water partition coefficient (Wildman–Crippen LogP) is -0.0902. The molecule has 1 unspecified atom stereocenters. The third-order valence-electron chi connectivity index (χ3n) is 7.78. The van der Waals surface area contributed by atoms with E-state index in [1.165, 1.54) is 0 Å². The SMILES string of the molecule is CC(C)(O[C@@H]1O[C@H](CO)[C@@H](O)[C@H](O)[C@H]1O)[C@H]1CC[C@]2(C)C[C@@H](O)C[C@](C)(O)C2C1. The maximum atomic E-state index is 11.0. The lowest BCUT2D eigenvalue weighted by atomic mass is 9.51. The van der Waals surface area contributed by atoms with Crippen LogP contribution in [0.25, 0.3) is 0 Å². The largest absolute Gasteiger partial charge is 0.394 e. The number of aliphatic hydroxyl groups excluding tert-OH is 5. The monoisotopic (exact) mass is 418 g/mol. The smallest absolute Gasteiger partial charge is 0.187 e. The van der Waals surface area contributed by atoms with E-state index in [9.17, 15) is 30.6 Å². The molecule has 2 saturated carbocycles. The van der Waals surface area contributed by atoms with Gasteiger partial charge >= 0.3 is 0 Å². The van der Waals surface area contributed by atoms with Gasteiger partial charge in [0.1, 0.15) is 24.4 Å². The van der Waals surface area contributed by atoms with Gasteiger partial charge in [-0.25, -0.2) is 0 Å². The van der Waals surface area contributed by atoms with Gasteiger partial charge in [-0.3, -0.25) is 0 Å². The van der Waals surface area contributed by atoms with Crippen LogP contribution in [0, 0.1) is 17.3 Å². The number of hydrogen-bond donors (Lipinski definition) is 6. The minimum absolute atomic E-state index is 0.00910. The zero-order valence-electron chi connectivity index (χ0n) is 17.9. The second kappa shape index (κ2) is 7.98. The highest BCUT2D eigenvalue weighted by Gasteiger charge is 2.56. The number of rotatable bonds is 4. The van der Waals surface area contributed by atoms with Crippen LogP contribution in [0.5, 0.6) is 0 Å². The molecule has 1 saturated heterocycles. The Labute approximate surface area is 172 Å². The molecule has 0 aromatic heterocycles. The quantitative estimate of drug-likeness (QED) is 0.372. The maximum absolute atomic E-state index is 11.0. The molecule has 10 atom stereocenters. The van der Waals surface area contributed by atoms with Gasteiger partial charge in [0.2, 0.25) is 0 Å². The Bertz CT molecular complexity index is 579. The van der Waals surface area contributed by atoms with Crippen LogP contribution in [0.4, 0.5) is 0 Å². The molecule has 8 nitrogen and oxygen atoms in total. The normalized spacial score (nSPS) is 51.5. The maximum Gasteiger partial charge on any atom is 0.187 e. The van der Waals surface area contributed by atoms with Crippen molar-refractivity contribution in [3.8, 4) is 0 Å². The summed E-state index contributed by atoms with van der Waals surface area (Å²) >= 11 is 0. The molecule has 0 radical (unpaired) electrons. The van der Waals surface area contributed by atoms with Gasteiger partial charge < -0.3 is 40.1 Å². The van der Waals surface area contributed by atoms with Crippen LogP contribution in [0.2, 0.25) is 0 Å². The molecule has 6 N–H and O–H groups in total. The lowest BCUT2D eigenvalue weighted by Gasteiger charge is -2.57. The first-order valence-electron chi connectivity index (χ1n) is 10.7. The summed E-state index contributed by atoms with van der Waals surface area (Å²) in [6.45, 7) is 7.23. The fraction of sp³-hybridized carbons (Fsp3) is 1.00. The molecular formula is C21H38O8. The lowest BCUT2D eigenvalue weighted by Crippen LogP contribution is -2.61. The van der Waals surface area contributed by atoms with Gasteiger partial charge in [0, 0.05) is 6.42 Å². The summed E-state index contributed by atoms with van der Waals surface area (Å²) < 4.78 is 11.6. The molecule has 8 heteroatoms. The van der Waals surface area contributed by atoms with Crippen molar-refractivity contribution in [3.05, 3.63) is 0 Å². The van der Waals surface area contributed by atoms with Gasteiger partial charge in [0.05, 0.1) is 23.9 Å². The van der Waals surface area contributed by atoms with E-state index in [4.69, 9.17) is 9.47 Å². The number of hydrogen-bond acceptors (Lipinski definition) is 8. The number of fused-ring (bicyclic) bond motifs is 1. The molecule has 3 aliphatic rings. The van der Waals surface area contributed by atoms with Crippen molar-refractivity contribution >= 4 is 0 Å². The van der Waals surface area contributed by atoms with Crippen molar-refractivity contribution in [2.24, 2.45) is 17.3 Å². The molecule has 0 amide bonds. The average molecular weight is 419 g/mol. The molecule has 1 heterocycles. The third kappa shape index (κ3) is 4.36. The van der Waals surface area contributed by atoms with Gasteiger partial charge in [-0.2, -0.15) is 0 Å². The van der Waals surface area contributed by atoms with Crippen LogP contribution in [0.1, 0.15) is 59.8 Å². The minimum atomic E-state index is -1.48. The third-order valence-corrected chi connectivity index (χ3v) is 7.78. The Kier molecular flexibility index (Phi) is 6.43. The summed E-state index contributed by atoms with van der Waals surface area (Å²) in [4.78, 5) is 0. The molecule has 0 spiro atoms. The van der Waals surface area contributed by atoms with Crippen molar-refractivity contribution in [1.82, 2.24) is 0 Å². The van der Waals surface area contributed by atoms with E-state index >= 15 is 0 Å². The molecule has 1 aliphatic heterocycles. The van der Waals surface area contributed by atoms with E-state index < -0.39 is 54.6 Å². The summed E-state index contributed by atoms with van der Waals surface area (Å²) in [6, 6.07) is 0. The first kappa shape index (κ1) is 23.3. The second-order valence-corrected chi connectivity index (χ2v) is 10.5. The first-order chi connectivity index (χ1) is 13.3. The lowest BCUT2D eigenvalue weighted by molar-refractivity contribution is -0.331. The Hall–Kier alpha value is -0.320. The number of ether oxygens (including phenoxy) is 2. The van der Waals surface area contributed by atoms with E-state index in [1.54, 1.807) is 6.92 Å². The standard InChI is InChI=1S/C21H38O8/c1-19(2,29-18-17(26)16(25)15(24)13(10-22)28-18)11-5-6-20(3)8-12(23)9-21(4,27)14(20)7-11/h11-18,22-27H,5-10H2,1-4H3/t11-,12+,13+,14?,15+,16-,17+,18-,20+,21-/m0/s1. The molecule has 3 rings (SSSR count). The topological polar surface area (TPSA) is 140 Å². The summed E-state index contributed by atoms with van der Waals surface area (Å²) in [5.74, 6) is 0.0736. The highest BCUT2D eigenvalue weighted by atomic mass is 16.7. The van der Waals surface area contributed by atoms with E-state index in [0.29, 0.717) is 19.3 Å². The highest BCUT2D eigenvalue weighted by Crippen LogP contribution is 2.57. The highest BCUT2D eigenvalue weighted by molar-refractivity contribution is 5.05. The summed E-state index contributed by atoms with van der Waals surface area (Å²) in [5.41, 5.74) is -1.84. The summed E-state index contributed by atoms with van der Waals surface area (Å²) in [6.07, 6.45) is -3.60. The van der Waals surface area contributed by atoms with Crippen LogP contribution in [-0.2, 0) is 9.47 Å². The Morgan fingerprint density at radius 3 is 2.31 bits per heavy atom. The minimum Gasteiger partial charge on any atom is -0.394 e. The molecule has 3 fully saturated rings. The Morgan fingerprint density at radius 2 is 1.69 bits per heavy atom. The second-order valence-electron chi connectivity index (χ2n) is 10.5. The predicted molar refractivity (Wildman–Crippen MR) is 104 cm³/mol. The molecule has 2 aliphatic carbocycles. The molecular weight excluding hydrogens is 380 g/mol. The van der Waals surface area contributed by atoms with Crippen LogP contribution in [-0.4, -0.2) is 85.3 Å².